The first-order valence-electron chi connectivity index (χ1n) is 8.51. The Morgan fingerprint density at radius 2 is 2.00 bits per heavy atom. The molecule has 8 nitrogen and oxygen atoms in total. The van der Waals surface area contributed by atoms with Crippen LogP contribution in [0.4, 0.5) is 16.2 Å². The van der Waals surface area contributed by atoms with Crippen LogP contribution in [0, 0.1) is 0 Å². The summed E-state index contributed by atoms with van der Waals surface area (Å²) >= 11 is 21.8. The van der Waals surface area contributed by atoms with E-state index in [-0.39, 0.29) is 44.5 Å². The van der Waals surface area contributed by atoms with Crippen molar-refractivity contribution in [1.29, 1.82) is 0 Å². The van der Waals surface area contributed by atoms with Gasteiger partial charge in [-0.1, -0.05) is 40.9 Å². The van der Waals surface area contributed by atoms with Crippen molar-refractivity contribution in [2.45, 2.75) is 0 Å². The number of benzene rings is 1. The third kappa shape index (κ3) is 5.01. The van der Waals surface area contributed by atoms with E-state index in [0.717, 1.165) is 4.90 Å². The van der Waals surface area contributed by atoms with Gasteiger partial charge in [-0.3, -0.25) is 9.69 Å². The molecule has 2 heterocycles. The van der Waals surface area contributed by atoms with Crippen molar-refractivity contribution >= 4 is 74.1 Å². The summed E-state index contributed by atoms with van der Waals surface area (Å²) in [4.78, 5) is 30.0. The second kappa shape index (κ2) is 9.69. The van der Waals surface area contributed by atoms with Crippen LogP contribution >= 0.6 is 50.7 Å². The van der Waals surface area contributed by atoms with E-state index < -0.39 is 12.0 Å². The summed E-state index contributed by atoms with van der Waals surface area (Å²) in [5.41, 5.74) is 0.214. The fourth-order valence-corrected chi connectivity index (χ4v) is 3.80. The Bertz CT molecular complexity index is 1180. The highest BCUT2D eigenvalue weighted by Crippen LogP contribution is 2.37. The predicted molar refractivity (Wildman–Crippen MR) is 124 cm³/mol. The van der Waals surface area contributed by atoms with Crippen molar-refractivity contribution in [2.24, 2.45) is 0 Å². The molecular weight excluding hydrogens is 533 g/mol. The van der Waals surface area contributed by atoms with Gasteiger partial charge in [0.25, 0.3) is 5.91 Å². The zero-order valence-electron chi connectivity index (χ0n) is 15.5. The summed E-state index contributed by atoms with van der Waals surface area (Å²) in [6, 6.07) is 7.48. The number of amides is 2. The number of carbonyl (C=O) groups excluding carboxylic acids is 1. The molecule has 1 aromatic carbocycles. The van der Waals surface area contributed by atoms with Gasteiger partial charge in [0.1, 0.15) is 10.3 Å². The maximum atomic E-state index is 13.1. The molecule has 0 saturated carbocycles. The lowest BCUT2D eigenvalue weighted by Crippen LogP contribution is -2.30. The molecular formula is C19H13BrCl3N5O3. The zero-order chi connectivity index (χ0) is 22.7. The number of aromatic nitrogens is 3. The SMILES string of the molecule is C=CCN(C(=O)O)c1cc(Cl)cc(Cl)c1NC(=O)c1cc(Br)nn1-c1ncccc1Cl. The number of carbonyl (C=O) groups is 2. The summed E-state index contributed by atoms with van der Waals surface area (Å²) in [6.45, 7) is 3.50. The highest BCUT2D eigenvalue weighted by molar-refractivity contribution is 9.10. The van der Waals surface area contributed by atoms with Crippen molar-refractivity contribution in [1.82, 2.24) is 14.8 Å². The summed E-state index contributed by atoms with van der Waals surface area (Å²) in [5.74, 6) is -0.393. The molecule has 31 heavy (non-hydrogen) atoms. The van der Waals surface area contributed by atoms with Crippen LogP contribution in [0.15, 0.2) is 53.8 Å². The van der Waals surface area contributed by atoms with Crippen molar-refractivity contribution in [3.8, 4) is 5.82 Å². The lowest BCUT2D eigenvalue weighted by Gasteiger charge is -2.22. The van der Waals surface area contributed by atoms with Crippen LogP contribution in [0.3, 0.4) is 0 Å². The summed E-state index contributed by atoms with van der Waals surface area (Å²) in [6.07, 6.45) is 1.62. The number of anilines is 2. The zero-order valence-corrected chi connectivity index (χ0v) is 19.4. The van der Waals surface area contributed by atoms with E-state index in [1.165, 1.54) is 35.2 Å². The molecule has 2 N–H and O–H groups in total. The third-order valence-corrected chi connectivity index (χ3v) is 5.16. The molecule has 2 aromatic heterocycles. The Labute approximate surface area is 200 Å². The lowest BCUT2D eigenvalue weighted by molar-refractivity contribution is 0.101. The molecule has 0 aliphatic rings. The van der Waals surface area contributed by atoms with E-state index >= 15 is 0 Å². The van der Waals surface area contributed by atoms with Gasteiger partial charge in [0.05, 0.1) is 21.4 Å². The summed E-state index contributed by atoms with van der Waals surface area (Å²) in [5, 5.41) is 16.9. The first-order valence-corrected chi connectivity index (χ1v) is 10.4. The van der Waals surface area contributed by atoms with E-state index in [2.05, 4.69) is 37.9 Å². The quantitative estimate of drug-likeness (QED) is 0.375. The number of pyridine rings is 1. The van der Waals surface area contributed by atoms with Crippen LogP contribution in [0.25, 0.3) is 5.82 Å². The second-order valence-corrected chi connectivity index (χ2v) is 8.05. The first kappa shape index (κ1) is 23.1. The molecule has 0 radical (unpaired) electrons. The van der Waals surface area contributed by atoms with E-state index in [4.69, 9.17) is 34.8 Å². The molecule has 2 amide bonds. The highest BCUT2D eigenvalue weighted by atomic mass is 79.9. The minimum Gasteiger partial charge on any atom is -0.465 e. The number of halogens is 4. The van der Waals surface area contributed by atoms with Crippen LogP contribution in [0.2, 0.25) is 15.1 Å². The van der Waals surface area contributed by atoms with Gasteiger partial charge in [0.15, 0.2) is 5.82 Å². The molecule has 3 aromatic rings. The standard InChI is InChI=1S/C19H13BrCl3N5O3/c1-2-6-27(19(30)31)13-8-10(21)7-12(23)16(13)25-18(29)14-9-15(20)26-28(14)17-11(22)4-3-5-24-17/h2-5,7-9H,1,6H2,(H,25,29)(H,30,31). The van der Waals surface area contributed by atoms with E-state index in [1.54, 1.807) is 12.1 Å². The van der Waals surface area contributed by atoms with Crippen LogP contribution in [-0.4, -0.2) is 38.4 Å². The molecule has 0 saturated heterocycles. The molecule has 0 aliphatic carbocycles. The van der Waals surface area contributed by atoms with Crippen LogP contribution < -0.4 is 10.2 Å². The van der Waals surface area contributed by atoms with E-state index in [9.17, 15) is 14.7 Å². The van der Waals surface area contributed by atoms with Gasteiger partial charge in [-0.05, 0) is 40.2 Å². The van der Waals surface area contributed by atoms with Crippen molar-refractivity contribution in [3.05, 3.63) is 74.5 Å². The molecule has 160 valence electrons. The predicted octanol–water partition coefficient (Wildman–Crippen LogP) is 5.91. The number of rotatable bonds is 6. The molecule has 12 heteroatoms. The topological polar surface area (TPSA) is 100 Å². The Morgan fingerprint density at radius 3 is 2.65 bits per heavy atom. The van der Waals surface area contributed by atoms with Crippen LogP contribution in [0.5, 0.6) is 0 Å². The van der Waals surface area contributed by atoms with Crippen LogP contribution in [0.1, 0.15) is 10.5 Å². The van der Waals surface area contributed by atoms with Crippen LogP contribution in [-0.2, 0) is 0 Å². The van der Waals surface area contributed by atoms with Gasteiger partial charge in [-0.15, -0.1) is 6.58 Å². The fourth-order valence-electron chi connectivity index (χ4n) is 2.69. The number of nitrogens with one attached hydrogen (secondary N) is 1. The monoisotopic (exact) mass is 543 g/mol. The van der Waals surface area contributed by atoms with Gasteiger partial charge < -0.3 is 10.4 Å². The molecule has 0 unspecified atom stereocenters. The van der Waals surface area contributed by atoms with Crippen molar-refractivity contribution < 1.29 is 14.7 Å². The summed E-state index contributed by atoms with van der Waals surface area (Å²) < 4.78 is 1.62. The van der Waals surface area contributed by atoms with Gasteiger partial charge >= 0.3 is 6.09 Å². The third-order valence-electron chi connectivity index (χ3n) is 3.96. The maximum Gasteiger partial charge on any atom is 0.412 e. The molecule has 3 rings (SSSR count). The average molecular weight is 546 g/mol. The average Bonchev–Trinajstić information content (AvgIpc) is 3.09. The highest BCUT2D eigenvalue weighted by Gasteiger charge is 2.24. The maximum absolute atomic E-state index is 13.1. The Balaban J connectivity index is 2.07. The Kier molecular flexibility index (Phi) is 7.22. The summed E-state index contributed by atoms with van der Waals surface area (Å²) in [7, 11) is 0. The number of hydrogen-bond donors (Lipinski definition) is 2. The van der Waals surface area contributed by atoms with Gasteiger partial charge in [0, 0.05) is 23.8 Å². The first-order chi connectivity index (χ1) is 14.7. The van der Waals surface area contributed by atoms with Gasteiger partial charge in [0.2, 0.25) is 0 Å². The minimum atomic E-state index is -1.28. The molecule has 0 fully saturated rings. The van der Waals surface area contributed by atoms with Crippen molar-refractivity contribution in [3.63, 3.8) is 0 Å². The lowest BCUT2D eigenvalue weighted by atomic mass is 10.2. The molecule has 0 atom stereocenters. The van der Waals surface area contributed by atoms with Crippen molar-refractivity contribution in [2.75, 3.05) is 16.8 Å². The molecule has 0 bridgehead atoms. The minimum absolute atomic E-state index is 0.0483. The van der Waals surface area contributed by atoms with Gasteiger partial charge in [-0.25, -0.2) is 14.5 Å². The number of hydrogen-bond acceptors (Lipinski definition) is 4. The van der Waals surface area contributed by atoms with Gasteiger partial charge in [-0.2, -0.15) is 5.10 Å². The Hall–Kier alpha value is -2.59. The second-order valence-electron chi connectivity index (χ2n) is 5.99. The molecule has 0 spiro atoms. The normalized spacial score (nSPS) is 10.6. The number of nitrogens with zero attached hydrogens (tertiary/aromatic N) is 4. The fraction of sp³-hybridized carbons (Fsp3) is 0.0526. The smallest absolute Gasteiger partial charge is 0.412 e. The Morgan fingerprint density at radius 1 is 1.26 bits per heavy atom. The van der Waals surface area contributed by atoms with E-state index in [1.807, 2.05) is 0 Å². The number of carboxylic acid groups (broad SMARTS) is 1. The largest absolute Gasteiger partial charge is 0.465 e. The molecule has 0 aliphatic heterocycles. The van der Waals surface area contributed by atoms with E-state index in [0.29, 0.717) is 4.60 Å².